The van der Waals surface area contributed by atoms with Crippen molar-refractivity contribution < 1.29 is 9.63 Å². The van der Waals surface area contributed by atoms with Gasteiger partial charge < -0.3 is 9.63 Å². The Morgan fingerprint density at radius 3 is 2.67 bits per heavy atom. The minimum Gasteiger partial charge on any atom is -0.541 e. The van der Waals surface area contributed by atoms with Crippen molar-refractivity contribution >= 4 is 6.29 Å². The van der Waals surface area contributed by atoms with E-state index in [1.165, 1.54) is 0 Å². The fourth-order valence-electron chi connectivity index (χ4n) is 0.841. The molecule has 9 heavy (non-hydrogen) atoms. The fourth-order valence-corrected chi connectivity index (χ4v) is 0.841. The smallest absolute Gasteiger partial charge is 0.0489 e. The maximum absolute atomic E-state index is 10.1. The van der Waals surface area contributed by atoms with E-state index in [0.29, 0.717) is 6.61 Å². The van der Waals surface area contributed by atoms with Crippen LogP contribution in [0.2, 0.25) is 0 Å². The lowest BCUT2D eigenvalue weighted by molar-refractivity contribution is -0.106. The van der Waals surface area contributed by atoms with E-state index in [0.717, 1.165) is 0 Å². The first-order valence-electron chi connectivity index (χ1n) is 2.99. The molecular formula is C6H10NO2-. The van der Waals surface area contributed by atoms with E-state index >= 15 is 0 Å². The molecule has 1 aliphatic heterocycles. The summed E-state index contributed by atoms with van der Waals surface area (Å²) in [7, 11) is 1.82. The second-order valence-electron chi connectivity index (χ2n) is 2.31. The van der Waals surface area contributed by atoms with Crippen LogP contribution in [-0.2, 0) is 9.63 Å². The summed E-state index contributed by atoms with van der Waals surface area (Å²) < 4.78 is 0. The van der Waals surface area contributed by atoms with Crippen LogP contribution in [0.4, 0.5) is 0 Å². The Bertz CT molecular complexity index is 116. The molecule has 1 fully saturated rings. The molecule has 0 amide bonds. The van der Waals surface area contributed by atoms with Crippen LogP contribution in [0.25, 0.3) is 0 Å². The lowest BCUT2D eigenvalue weighted by Crippen LogP contribution is -2.25. The quantitative estimate of drug-likeness (QED) is 0.465. The number of hydrogen-bond acceptors (Lipinski definition) is 3. The predicted molar refractivity (Wildman–Crippen MR) is 32.4 cm³/mol. The predicted octanol–water partition coefficient (Wildman–Crippen LogP) is -0.0222. The Labute approximate surface area is 54.5 Å². The molecule has 1 saturated heterocycles. The molecule has 0 radical (unpaired) electrons. The minimum absolute atomic E-state index is 0.0602. The van der Waals surface area contributed by atoms with Gasteiger partial charge in [0.1, 0.15) is 0 Å². The van der Waals surface area contributed by atoms with E-state index in [2.05, 4.69) is 0 Å². The van der Waals surface area contributed by atoms with E-state index < -0.39 is 0 Å². The zero-order valence-corrected chi connectivity index (χ0v) is 5.63. The van der Waals surface area contributed by atoms with Gasteiger partial charge in [-0.05, 0) is 6.92 Å². The molecule has 0 aliphatic carbocycles. The van der Waals surface area contributed by atoms with Crippen LogP contribution in [0.3, 0.4) is 0 Å². The molecule has 3 heteroatoms. The highest BCUT2D eigenvalue weighted by atomic mass is 16.7. The number of hydrogen-bond donors (Lipinski definition) is 0. The summed E-state index contributed by atoms with van der Waals surface area (Å²) >= 11 is 0. The van der Waals surface area contributed by atoms with Crippen molar-refractivity contribution in [2.75, 3.05) is 13.7 Å². The average Bonchev–Trinajstić information content (AvgIpc) is 2.15. The van der Waals surface area contributed by atoms with Crippen LogP contribution in [0.15, 0.2) is 0 Å². The van der Waals surface area contributed by atoms with Crippen molar-refractivity contribution in [2.45, 2.75) is 13.0 Å². The van der Waals surface area contributed by atoms with Gasteiger partial charge in [-0.3, -0.25) is 6.29 Å². The zero-order valence-electron chi connectivity index (χ0n) is 5.63. The van der Waals surface area contributed by atoms with Gasteiger partial charge in [0.2, 0.25) is 0 Å². The van der Waals surface area contributed by atoms with Gasteiger partial charge in [-0.15, -0.1) is 0 Å². The highest BCUT2D eigenvalue weighted by Crippen LogP contribution is 2.15. The first kappa shape index (κ1) is 6.71. The largest absolute Gasteiger partial charge is 0.541 e. The molecule has 0 bridgehead atoms. The van der Waals surface area contributed by atoms with Crippen molar-refractivity contribution in [3.63, 3.8) is 0 Å². The molecule has 0 aromatic heterocycles. The van der Waals surface area contributed by atoms with Gasteiger partial charge in [0.05, 0.1) is 0 Å². The van der Waals surface area contributed by atoms with Gasteiger partial charge in [0.25, 0.3) is 0 Å². The van der Waals surface area contributed by atoms with Crippen molar-refractivity contribution in [3.05, 3.63) is 0 Å². The third kappa shape index (κ3) is 1.11. The molecule has 0 spiro atoms. The number of carbonyl (C=O) groups excluding carboxylic acids is 1. The second-order valence-corrected chi connectivity index (χ2v) is 2.31. The maximum Gasteiger partial charge on any atom is 0.0489 e. The Balaban J connectivity index is 2.50. The average molecular weight is 128 g/mol. The van der Waals surface area contributed by atoms with Gasteiger partial charge >= 0.3 is 0 Å². The number of nitrogens with zero attached hydrogens (tertiary/aromatic N) is 1. The van der Waals surface area contributed by atoms with Gasteiger partial charge in [0, 0.05) is 19.7 Å². The van der Waals surface area contributed by atoms with Crippen molar-refractivity contribution in [1.82, 2.24) is 5.06 Å². The second kappa shape index (κ2) is 2.45. The summed E-state index contributed by atoms with van der Waals surface area (Å²) in [6.07, 6.45) is 1.93. The van der Waals surface area contributed by atoms with Crippen LogP contribution >= 0.6 is 0 Å². The Morgan fingerprint density at radius 1 is 1.78 bits per heavy atom. The van der Waals surface area contributed by atoms with E-state index in [1.54, 1.807) is 5.06 Å². The topological polar surface area (TPSA) is 29.5 Å². The summed E-state index contributed by atoms with van der Waals surface area (Å²) in [5.74, 6) is -0.0602. The lowest BCUT2D eigenvalue weighted by Gasteiger charge is -2.18. The van der Waals surface area contributed by atoms with Gasteiger partial charge in [-0.25, -0.2) is 0 Å². The Kier molecular flexibility index (Phi) is 1.83. The normalized spacial score (nSPS) is 37.1. The fraction of sp³-hybridized carbons (Fsp3) is 0.833. The monoisotopic (exact) mass is 128 g/mol. The third-order valence-electron chi connectivity index (χ3n) is 1.76. The van der Waals surface area contributed by atoms with Crippen LogP contribution in [0.5, 0.6) is 0 Å². The molecule has 0 unspecified atom stereocenters. The van der Waals surface area contributed by atoms with Crippen LogP contribution in [-0.4, -0.2) is 31.0 Å². The van der Waals surface area contributed by atoms with Crippen LogP contribution < -0.4 is 0 Å². The molecular weight excluding hydrogens is 118 g/mol. The summed E-state index contributed by atoms with van der Waals surface area (Å²) in [5.41, 5.74) is 0. The van der Waals surface area contributed by atoms with Crippen molar-refractivity contribution in [3.8, 4) is 0 Å². The minimum atomic E-state index is -0.0602. The standard InChI is InChI=1S/C6H10NO2/c1-5-6(3-8)4-9-7(5)2/h5-6H,4H2,1-2H3/q-1/t5-,6+/m1/s1. The summed E-state index contributed by atoms with van der Waals surface area (Å²) in [5, 5.41) is 1.69. The third-order valence-corrected chi connectivity index (χ3v) is 1.76. The molecule has 1 aliphatic rings. The first-order chi connectivity index (χ1) is 4.25. The van der Waals surface area contributed by atoms with Crippen LogP contribution in [0, 0.1) is 5.92 Å². The molecule has 2 atom stereocenters. The number of rotatable bonds is 1. The summed E-state index contributed by atoms with van der Waals surface area (Å²) in [6, 6.07) is 0.183. The number of hydroxylamine groups is 2. The highest BCUT2D eigenvalue weighted by Gasteiger charge is 2.21. The van der Waals surface area contributed by atoms with Crippen molar-refractivity contribution in [2.24, 2.45) is 5.92 Å². The SMILES string of the molecule is C[C@@H]1[C@@H]([C-]=O)CON1C. The van der Waals surface area contributed by atoms with Gasteiger partial charge in [-0.1, -0.05) is 5.92 Å². The molecule has 1 heterocycles. The lowest BCUT2D eigenvalue weighted by atomic mass is 10.1. The molecule has 0 aromatic carbocycles. The first-order valence-corrected chi connectivity index (χ1v) is 2.99. The molecule has 3 nitrogen and oxygen atoms in total. The highest BCUT2D eigenvalue weighted by molar-refractivity contribution is 5.56. The van der Waals surface area contributed by atoms with Crippen molar-refractivity contribution in [1.29, 1.82) is 0 Å². The molecule has 0 saturated carbocycles. The zero-order chi connectivity index (χ0) is 6.85. The van der Waals surface area contributed by atoms with E-state index in [-0.39, 0.29) is 12.0 Å². The summed E-state index contributed by atoms with van der Waals surface area (Å²) in [6.45, 7) is 2.43. The Morgan fingerprint density at radius 2 is 2.44 bits per heavy atom. The maximum atomic E-state index is 10.1. The molecule has 0 aromatic rings. The van der Waals surface area contributed by atoms with E-state index in [9.17, 15) is 4.79 Å². The molecule has 0 N–H and O–H groups in total. The Hall–Kier alpha value is -0.410. The molecule has 52 valence electrons. The van der Waals surface area contributed by atoms with Crippen LogP contribution in [0.1, 0.15) is 6.92 Å². The summed E-state index contributed by atoms with van der Waals surface area (Å²) in [4.78, 5) is 15.2. The van der Waals surface area contributed by atoms with Gasteiger partial charge in [0.15, 0.2) is 0 Å². The van der Waals surface area contributed by atoms with E-state index in [1.807, 2.05) is 20.3 Å². The van der Waals surface area contributed by atoms with Gasteiger partial charge in [-0.2, -0.15) is 5.06 Å². The molecule has 1 rings (SSSR count). The van der Waals surface area contributed by atoms with E-state index in [4.69, 9.17) is 4.84 Å².